The second kappa shape index (κ2) is 6.32. The molecule has 124 valence electrons. The molecule has 2 aromatic carbocycles. The number of rotatable bonds is 3. The summed E-state index contributed by atoms with van der Waals surface area (Å²) in [6.07, 6.45) is 0.180. The van der Waals surface area contributed by atoms with Gasteiger partial charge in [-0.3, -0.25) is 9.59 Å². The minimum Gasteiger partial charge on any atom is -0.379 e. The standard InChI is InChI=1S/C18H19N3O3/c22-17-12-15(19-20-8-10-24-11-9-20)18(23)21(17)16-7-3-5-13-4-1-2-6-14(13)16/h1-7,15,19H,8-12H2/t15-/m1/s1. The molecule has 2 fully saturated rings. The molecule has 2 saturated heterocycles. The lowest BCUT2D eigenvalue weighted by Crippen LogP contribution is -2.52. The van der Waals surface area contributed by atoms with Crippen molar-refractivity contribution in [2.24, 2.45) is 0 Å². The summed E-state index contributed by atoms with van der Waals surface area (Å²) in [6.45, 7) is 2.70. The van der Waals surface area contributed by atoms with Crippen LogP contribution in [0.15, 0.2) is 42.5 Å². The molecule has 0 radical (unpaired) electrons. The number of fused-ring (bicyclic) bond motifs is 1. The number of nitrogens with zero attached hydrogens (tertiary/aromatic N) is 2. The third kappa shape index (κ3) is 2.69. The summed E-state index contributed by atoms with van der Waals surface area (Å²) in [4.78, 5) is 26.6. The van der Waals surface area contributed by atoms with Crippen LogP contribution in [-0.4, -0.2) is 49.2 Å². The molecule has 6 heteroatoms. The number of ether oxygens (including phenoxy) is 1. The summed E-state index contributed by atoms with van der Waals surface area (Å²) in [5, 5.41) is 3.89. The lowest BCUT2D eigenvalue weighted by molar-refractivity contribution is -0.122. The van der Waals surface area contributed by atoms with Crippen molar-refractivity contribution >= 4 is 28.3 Å². The Labute approximate surface area is 139 Å². The van der Waals surface area contributed by atoms with Crippen molar-refractivity contribution < 1.29 is 14.3 Å². The predicted octanol–water partition coefficient (Wildman–Crippen LogP) is 1.31. The molecular weight excluding hydrogens is 306 g/mol. The van der Waals surface area contributed by atoms with Gasteiger partial charge >= 0.3 is 0 Å². The van der Waals surface area contributed by atoms with Crippen molar-refractivity contribution in [3.8, 4) is 0 Å². The van der Waals surface area contributed by atoms with Crippen LogP contribution in [0.1, 0.15) is 6.42 Å². The van der Waals surface area contributed by atoms with Gasteiger partial charge in [0.15, 0.2) is 0 Å². The number of hydrogen-bond acceptors (Lipinski definition) is 5. The molecule has 24 heavy (non-hydrogen) atoms. The maximum Gasteiger partial charge on any atom is 0.252 e. The summed E-state index contributed by atoms with van der Waals surface area (Å²) < 4.78 is 5.31. The average molecular weight is 325 g/mol. The third-order valence-corrected chi connectivity index (χ3v) is 4.50. The van der Waals surface area contributed by atoms with E-state index in [9.17, 15) is 9.59 Å². The summed E-state index contributed by atoms with van der Waals surface area (Å²) in [5.74, 6) is -0.357. The Balaban J connectivity index is 1.61. The van der Waals surface area contributed by atoms with Crippen molar-refractivity contribution in [3.05, 3.63) is 42.5 Å². The number of hydrogen-bond donors (Lipinski definition) is 1. The van der Waals surface area contributed by atoms with E-state index in [0.717, 1.165) is 10.8 Å². The average Bonchev–Trinajstić information content (AvgIpc) is 2.89. The number of carbonyl (C=O) groups excluding carboxylic acids is 2. The van der Waals surface area contributed by atoms with Crippen LogP contribution in [-0.2, 0) is 14.3 Å². The molecular formula is C18H19N3O3. The van der Waals surface area contributed by atoms with E-state index < -0.39 is 6.04 Å². The Bertz CT molecular complexity index is 781. The molecule has 0 saturated carbocycles. The minimum atomic E-state index is -0.505. The zero-order valence-corrected chi connectivity index (χ0v) is 13.3. The lowest BCUT2D eigenvalue weighted by atomic mass is 10.1. The van der Waals surface area contributed by atoms with Crippen molar-refractivity contribution in [1.29, 1.82) is 0 Å². The van der Waals surface area contributed by atoms with Gasteiger partial charge < -0.3 is 4.74 Å². The van der Waals surface area contributed by atoms with Gasteiger partial charge in [-0.2, -0.15) is 0 Å². The van der Waals surface area contributed by atoms with E-state index in [2.05, 4.69) is 5.43 Å². The topological polar surface area (TPSA) is 61.9 Å². The lowest BCUT2D eigenvalue weighted by Gasteiger charge is -2.29. The Morgan fingerprint density at radius 2 is 1.75 bits per heavy atom. The van der Waals surface area contributed by atoms with Crippen LogP contribution in [0, 0.1) is 0 Å². The summed E-state index contributed by atoms with van der Waals surface area (Å²) in [6, 6.07) is 13.0. The van der Waals surface area contributed by atoms with E-state index in [4.69, 9.17) is 4.74 Å². The molecule has 2 aliphatic heterocycles. The molecule has 2 amide bonds. The highest BCUT2D eigenvalue weighted by Crippen LogP contribution is 2.30. The number of carbonyl (C=O) groups is 2. The summed E-state index contributed by atoms with van der Waals surface area (Å²) in [7, 11) is 0. The van der Waals surface area contributed by atoms with Crippen LogP contribution in [0.5, 0.6) is 0 Å². The van der Waals surface area contributed by atoms with Crippen molar-refractivity contribution in [2.45, 2.75) is 12.5 Å². The molecule has 6 nitrogen and oxygen atoms in total. The van der Waals surface area contributed by atoms with Crippen LogP contribution in [0.4, 0.5) is 5.69 Å². The number of nitrogens with one attached hydrogen (secondary N) is 1. The maximum atomic E-state index is 12.8. The van der Waals surface area contributed by atoms with Crippen LogP contribution in [0.2, 0.25) is 0 Å². The number of morpholine rings is 1. The third-order valence-electron chi connectivity index (χ3n) is 4.50. The number of hydrazine groups is 1. The highest BCUT2D eigenvalue weighted by molar-refractivity contribution is 6.25. The van der Waals surface area contributed by atoms with Crippen molar-refractivity contribution in [2.75, 3.05) is 31.2 Å². The van der Waals surface area contributed by atoms with Gasteiger partial charge in [-0.05, 0) is 11.5 Å². The van der Waals surface area contributed by atoms with Crippen LogP contribution >= 0.6 is 0 Å². The van der Waals surface area contributed by atoms with E-state index >= 15 is 0 Å². The summed E-state index contributed by atoms with van der Waals surface area (Å²) >= 11 is 0. The second-order valence-corrected chi connectivity index (χ2v) is 6.05. The Morgan fingerprint density at radius 1 is 1.00 bits per heavy atom. The van der Waals surface area contributed by atoms with Crippen LogP contribution in [0.3, 0.4) is 0 Å². The molecule has 2 aliphatic rings. The quantitative estimate of drug-likeness (QED) is 0.862. The van der Waals surface area contributed by atoms with Crippen LogP contribution < -0.4 is 10.3 Å². The molecule has 2 heterocycles. The van der Waals surface area contributed by atoms with Crippen molar-refractivity contribution in [1.82, 2.24) is 10.4 Å². The van der Waals surface area contributed by atoms with E-state index in [-0.39, 0.29) is 18.2 Å². The zero-order chi connectivity index (χ0) is 16.5. The Morgan fingerprint density at radius 3 is 2.58 bits per heavy atom. The SMILES string of the molecule is O=C1C[C@@H](NN2CCOCC2)C(=O)N1c1cccc2ccccc12. The number of anilines is 1. The highest BCUT2D eigenvalue weighted by Gasteiger charge is 2.40. The molecule has 0 aromatic heterocycles. The first-order chi connectivity index (χ1) is 11.7. The maximum absolute atomic E-state index is 12.8. The van der Waals surface area contributed by atoms with Crippen molar-refractivity contribution in [3.63, 3.8) is 0 Å². The van der Waals surface area contributed by atoms with Crippen LogP contribution in [0.25, 0.3) is 10.8 Å². The summed E-state index contributed by atoms with van der Waals surface area (Å²) in [5.41, 5.74) is 3.85. The monoisotopic (exact) mass is 325 g/mol. The second-order valence-electron chi connectivity index (χ2n) is 6.05. The van der Waals surface area contributed by atoms with E-state index in [1.54, 1.807) is 0 Å². The zero-order valence-electron chi connectivity index (χ0n) is 13.3. The van der Waals surface area contributed by atoms with E-state index in [1.165, 1.54) is 4.90 Å². The number of benzene rings is 2. The largest absolute Gasteiger partial charge is 0.379 e. The van der Waals surface area contributed by atoms with Gasteiger partial charge in [0, 0.05) is 18.5 Å². The van der Waals surface area contributed by atoms with Gasteiger partial charge in [0.1, 0.15) is 6.04 Å². The Hall–Kier alpha value is -2.28. The molecule has 1 N–H and O–H groups in total. The molecule has 0 aliphatic carbocycles. The fourth-order valence-corrected chi connectivity index (χ4v) is 3.30. The predicted molar refractivity (Wildman–Crippen MR) is 90.4 cm³/mol. The fraction of sp³-hybridized carbons (Fsp3) is 0.333. The molecule has 0 bridgehead atoms. The van der Waals surface area contributed by atoms with Gasteiger partial charge in [0.25, 0.3) is 5.91 Å². The van der Waals surface area contributed by atoms with Gasteiger partial charge in [0.05, 0.1) is 25.3 Å². The van der Waals surface area contributed by atoms with Gasteiger partial charge in [-0.1, -0.05) is 36.4 Å². The van der Waals surface area contributed by atoms with E-state index in [1.807, 2.05) is 47.5 Å². The molecule has 1 atom stereocenters. The normalized spacial score (nSPS) is 22.5. The smallest absolute Gasteiger partial charge is 0.252 e. The molecule has 0 unspecified atom stereocenters. The number of imide groups is 1. The first kappa shape index (κ1) is 15.3. The first-order valence-electron chi connectivity index (χ1n) is 8.17. The molecule has 2 aromatic rings. The highest BCUT2D eigenvalue weighted by atomic mass is 16.5. The molecule has 0 spiro atoms. The van der Waals surface area contributed by atoms with Gasteiger partial charge in [-0.15, -0.1) is 0 Å². The fourth-order valence-electron chi connectivity index (χ4n) is 3.30. The minimum absolute atomic E-state index is 0.165. The molecule has 4 rings (SSSR count). The van der Waals surface area contributed by atoms with E-state index in [0.29, 0.717) is 32.0 Å². The van der Waals surface area contributed by atoms with Gasteiger partial charge in [-0.25, -0.2) is 15.3 Å². The van der Waals surface area contributed by atoms with Gasteiger partial charge in [0.2, 0.25) is 5.91 Å². The Kier molecular flexibility index (Phi) is 4.02. The first-order valence-corrected chi connectivity index (χ1v) is 8.17. The number of amides is 2.